The Balaban J connectivity index is 2.12. The third-order valence-corrected chi connectivity index (χ3v) is 3.47. The standard InChI is InChI=1S/C13H14N2OS/c1-9-6-7-17-13(9)15-12(16)11-4-2-10(8-14)3-5-11/h2-7H,8,14H2,1H3,(H,15,16). The van der Waals surface area contributed by atoms with Gasteiger partial charge in [0.1, 0.15) is 0 Å². The third kappa shape index (κ3) is 2.72. The minimum Gasteiger partial charge on any atom is -0.326 e. The van der Waals surface area contributed by atoms with Crippen LogP contribution in [0.2, 0.25) is 0 Å². The van der Waals surface area contributed by atoms with Gasteiger partial charge in [0.05, 0.1) is 5.00 Å². The summed E-state index contributed by atoms with van der Waals surface area (Å²) in [7, 11) is 0. The van der Waals surface area contributed by atoms with Crippen molar-refractivity contribution in [2.45, 2.75) is 13.5 Å². The topological polar surface area (TPSA) is 55.1 Å². The first-order chi connectivity index (χ1) is 8.20. The summed E-state index contributed by atoms with van der Waals surface area (Å²) in [5.74, 6) is -0.0841. The fourth-order valence-electron chi connectivity index (χ4n) is 1.47. The normalized spacial score (nSPS) is 10.2. The molecule has 0 atom stereocenters. The van der Waals surface area contributed by atoms with Crippen molar-refractivity contribution in [2.24, 2.45) is 5.73 Å². The molecule has 1 aromatic carbocycles. The van der Waals surface area contributed by atoms with Crippen LogP contribution in [0.15, 0.2) is 35.7 Å². The summed E-state index contributed by atoms with van der Waals surface area (Å²) >= 11 is 1.53. The molecule has 0 fully saturated rings. The van der Waals surface area contributed by atoms with Gasteiger partial charge in [-0.25, -0.2) is 0 Å². The largest absolute Gasteiger partial charge is 0.326 e. The quantitative estimate of drug-likeness (QED) is 0.875. The number of nitrogens with one attached hydrogen (secondary N) is 1. The minimum absolute atomic E-state index is 0.0841. The molecule has 3 N–H and O–H groups in total. The van der Waals surface area contributed by atoms with Crippen molar-refractivity contribution in [2.75, 3.05) is 5.32 Å². The number of amides is 1. The molecule has 4 heteroatoms. The van der Waals surface area contributed by atoms with E-state index >= 15 is 0 Å². The molecule has 0 saturated heterocycles. The molecular formula is C13H14N2OS. The number of aryl methyl sites for hydroxylation is 1. The Morgan fingerprint density at radius 3 is 2.53 bits per heavy atom. The lowest BCUT2D eigenvalue weighted by molar-refractivity contribution is 0.102. The van der Waals surface area contributed by atoms with Crippen molar-refractivity contribution >= 4 is 22.2 Å². The van der Waals surface area contributed by atoms with Gasteiger partial charge in [-0.2, -0.15) is 0 Å². The van der Waals surface area contributed by atoms with Crippen LogP contribution in [-0.2, 0) is 6.54 Å². The van der Waals surface area contributed by atoms with Crippen LogP contribution < -0.4 is 11.1 Å². The Hall–Kier alpha value is -1.65. The maximum absolute atomic E-state index is 11.9. The molecular weight excluding hydrogens is 232 g/mol. The van der Waals surface area contributed by atoms with Crippen molar-refractivity contribution in [3.8, 4) is 0 Å². The van der Waals surface area contributed by atoms with E-state index in [4.69, 9.17) is 5.73 Å². The highest BCUT2D eigenvalue weighted by Crippen LogP contribution is 2.22. The molecule has 88 valence electrons. The smallest absolute Gasteiger partial charge is 0.256 e. The van der Waals surface area contributed by atoms with Crippen LogP contribution in [0.25, 0.3) is 0 Å². The molecule has 0 aliphatic carbocycles. The van der Waals surface area contributed by atoms with Gasteiger partial charge < -0.3 is 11.1 Å². The molecule has 0 aliphatic heterocycles. The number of benzene rings is 1. The van der Waals surface area contributed by atoms with Gasteiger partial charge in [-0.15, -0.1) is 11.3 Å². The summed E-state index contributed by atoms with van der Waals surface area (Å²) in [4.78, 5) is 11.9. The fourth-order valence-corrected chi connectivity index (χ4v) is 2.28. The van der Waals surface area contributed by atoms with E-state index in [2.05, 4.69) is 5.32 Å². The Labute approximate surface area is 104 Å². The van der Waals surface area contributed by atoms with E-state index < -0.39 is 0 Å². The van der Waals surface area contributed by atoms with Crippen molar-refractivity contribution in [1.82, 2.24) is 0 Å². The lowest BCUT2D eigenvalue weighted by atomic mass is 10.1. The van der Waals surface area contributed by atoms with E-state index in [0.717, 1.165) is 16.1 Å². The number of carbonyl (C=O) groups is 1. The monoisotopic (exact) mass is 246 g/mol. The summed E-state index contributed by atoms with van der Waals surface area (Å²) in [6.07, 6.45) is 0. The average molecular weight is 246 g/mol. The molecule has 0 unspecified atom stereocenters. The van der Waals surface area contributed by atoms with Gasteiger partial charge in [0.25, 0.3) is 5.91 Å². The molecule has 0 saturated carbocycles. The first kappa shape index (κ1) is 11.8. The van der Waals surface area contributed by atoms with Gasteiger partial charge in [-0.05, 0) is 41.6 Å². The van der Waals surface area contributed by atoms with Gasteiger partial charge in [0.2, 0.25) is 0 Å². The summed E-state index contributed by atoms with van der Waals surface area (Å²) < 4.78 is 0. The van der Waals surface area contributed by atoms with Gasteiger partial charge >= 0.3 is 0 Å². The molecule has 17 heavy (non-hydrogen) atoms. The maximum atomic E-state index is 11.9. The molecule has 1 amide bonds. The maximum Gasteiger partial charge on any atom is 0.256 e. The second-order valence-electron chi connectivity index (χ2n) is 3.79. The van der Waals surface area contributed by atoms with Crippen LogP contribution in [0.1, 0.15) is 21.5 Å². The Bertz CT molecular complexity index is 516. The van der Waals surface area contributed by atoms with Crippen LogP contribution in [0, 0.1) is 6.92 Å². The molecule has 2 rings (SSSR count). The first-order valence-corrected chi connectivity index (χ1v) is 6.23. The second-order valence-corrected chi connectivity index (χ2v) is 4.70. The SMILES string of the molecule is Cc1ccsc1NC(=O)c1ccc(CN)cc1. The molecule has 1 heterocycles. The Kier molecular flexibility index (Phi) is 3.56. The first-order valence-electron chi connectivity index (χ1n) is 5.35. The lowest BCUT2D eigenvalue weighted by Crippen LogP contribution is -2.11. The van der Waals surface area contributed by atoms with Crippen LogP contribution in [0.5, 0.6) is 0 Å². The van der Waals surface area contributed by atoms with E-state index in [9.17, 15) is 4.79 Å². The van der Waals surface area contributed by atoms with Crippen molar-refractivity contribution in [3.05, 3.63) is 52.4 Å². The molecule has 0 spiro atoms. The van der Waals surface area contributed by atoms with E-state index in [-0.39, 0.29) is 5.91 Å². The molecule has 2 aromatic rings. The highest BCUT2D eigenvalue weighted by Gasteiger charge is 2.08. The number of thiophene rings is 1. The van der Waals surface area contributed by atoms with Crippen LogP contribution in [0.3, 0.4) is 0 Å². The van der Waals surface area contributed by atoms with Gasteiger partial charge in [-0.3, -0.25) is 4.79 Å². The summed E-state index contributed by atoms with van der Waals surface area (Å²) in [5, 5.41) is 5.75. The summed E-state index contributed by atoms with van der Waals surface area (Å²) in [6, 6.07) is 9.31. The molecule has 0 bridgehead atoms. The van der Waals surface area contributed by atoms with Crippen molar-refractivity contribution in [3.63, 3.8) is 0 Å². The number of carbonyl (C=O) groups excluding carboxylic acids is 1. The van der Waals surface area contributed by atoms with Gasteiger partial charge in [-0.1, -0.05) is 12.1 Å². The summed E-state index contributed by atoms with van der Waals surface area (Å²) in [5.41, 5.74) is 8.26. The zero-order valence-corrected chi connectivity index (χ0v) is 10.4. The Morgan fingerprint density at radius 1 is 1.29 bits per heavy atom. The highest BCUT2D eigenvalue weighted by molar-refractivity contribution is 7.14. The predicted molar refractivity (Wildman–Crippen MR) is 71.3 cm³/mol. The van der Waals surface area contributed by atoms with E-state index in [0.29, 0.717) is 12.1 Å². The average Bonchev–Trinajstić information content (AvgIpc) is 2.75. The van der Waals surface area contributed by atoms with E-state index in [1.54, 1.807) is 12.1 Å². The zero-order chi connectivity index (χ0) is 12.3. The molecule has 1 aromatic heterocycles. The second kappa shape index (κ2) is 5.12. The van der Waals surface area contributed by atoms with Gasteiger partial charge in [0.15, 0.2) is 0 Å². The Morgan fingerprint density at radius 2 is 2.00 bits per heavy atom. The number of nitrogens with two attached hydrogens (primary N) is 1. The van der Waals surface area contributed by atoms with Gasteiger partial charge in [0, 0.05) is 12.1 Å². The highest BCUT2D eigenvalue weighted by atomic mass is 32.1. The fraction of sp³-hybridized carbons (Fsp3) is 0.154. The van der Waals surface area contributed by atoms with Crippen molar-refractivity contribution in [1.29, 1.82) is 0 Å². The van der Waals surface area contributed by atoms with Crippen molar-refractivity contribution < 1.29 is 4.79 Å². The zero-order valence-electron chi connectivity index (χ0n) is 9.57. The molecule has 0 aliphatic rings. The predicted octanol–water partition coefficient (Wildman–Crippen LogP) is 2.77. The number of hydrogen-bond donors (Lipinski definition) is 2. The van der Waals surface area contributed by atoms with E-state index in [1.807, 2.05) is 30.5 Å². The number of anilines is 1. The van der Waals surface area contributed by atoms with E-state index in [1.165, 1.54) is 11.3 Å². The summed E-state index contributed by atoms with van der Waals surface area (Å²) in [6.45, 7) is 2.47. The molecule has 3 nitrogen and oxygen atoms in total. The van der Waals surface area contributed by atoms with Crippen LogP contribution >= 0.6 is 11.3 Å². The minimum atomic E-state index is -0.0841. The van der Waals surface area contributed by atoms with Crippen LogP contribution in [-0.4, -0.2) is 5.91 Å². The number of rotatable bonds is 3. The lowest BCUT2D eigenvalue weighted by Gasteiger charge is -2.04. The molecule has 0 radical (unpaired) electrons. The number of hydrogen-bond acceptors (Lipinski definition) is 3. The van der Waals surface area contributed by atoms with Crippen LogP contribution in [0.4, 0.5) is 5.00 Å². The third-order valence-electron chi connectivity index (χ3n) is 2.54.